The first kappa shape index (κ1) is 9.94. The molecule has 0 spiro atoms. The summed E-state index contributed by atoms with van der Waals surface area (Å²) in [5.74, 6) is 5.55. The van der Waals surface area contributed by atoms with E-state index in [9.17, 15) is 0 Å². The maximum Gasteiger partial charge on any atom is 0.0551 e. The van der Waals surface area contributed by atoms with Gasteiger partial charge in [-0.1, -0.05) is 12.8 Å². The Hall–Kier alpha value is -0.190. The predicted octanol–water partition coefficient (Wildman–Crippen LogP) is 0.780. The molecule has 0 saturated heterocycles. The van der Waals surface area contributed by atoms with Crippen LogP contribution in [0.15, 0.2) is 0 Å². The van der Waals surface area contributed by atoms with Crippen LogP contribution in [0.1, 0.15) is 13.3 Å². The highest BCUT2D eigenvalue weighted by Gasteiger charge is 1.55. The number of rotatable bonds is 0. The molecular weight excluding hydrogens is 110 g/mol. The highest BCUT2D eigenvalue weighted by atomic mass is 35.5. The van der Waals surface area contributed by atoms with Crippen LogP contribution in [0.3, 0.4) is 0 Å². The molecule has 0 atom stereocenters. The van der Waals surface area contributed by atoms with Gasteiger partial charge in [-0.25, -0.2) is 0 Å². The van der Waals surface area contributed by atoms with Crippen molar-refractivity contribution in [3.8, 4) is 11.8 Å². The van der Waals surface area contributed by atoms with E-state index in [0.717, 1.165) is 6.42 Å². The molecule has 1 nitrogen and oxygen atoms in total. The number of hydrogen-bond donors (Lipinski definition) is 1. The first-order valence-electron chi connectivity index (χ1n) is 2.07. The molecule has 0 aromatic heterocycles. The predicted molar refractivity (Wildman–Crippen MR) is 34.4 cm³/mol. The molecule has 0 unspecified atom stereocenters. The molecule has 0 aliphatic rings. The van der Waals surface area contributed by atoms with Gasteiger partial charge in [0.05, 0.1) is 6.54 Å². The zero-order valence-corrected chi connectivity index (χ0v) is 5.22. The Balaban J connectivity index is 0. The summed E-state index contributed by atoms with van der Waals surface area (Å²) in [7, 11) is 0. The zero-order valence-electron chi connectivity index (χ0n) is 4.40. The Labute approximate surface area is 50.7 Å². The summed E-state index contributed by atoms with van der Waals surface area (Å²) in [6.45, 7) is 2.50. The lowest BCUT2D eigenvalue weighted by molar-refractivity contribution is 1.25. The molecule has 0 heterocycles. The summed E-state index contributed by atoms with van der Waals surface area (Å²) in [5.41, 5.74) is 5.04. The van der Waals surface area contributed by atoms with Gasteiger partial charge in [0.15, 0.2) is 0 Å². The molecule has 0 aliphatic heterocycles. The molecular formula is C5H10ClN. The smallest absolute Gasteiger partial charge is 0.0551 e. The number of nitrogens with two attached hydrogens (primary N) is 1. The van der Waals surface area contributed by atoms with Crippen LogP contribution < -0.4 is 5.73 Å². The number of hydrogen-bond acceptors (Lipinski definition) is 1. The van der Waals surface area contributed by atoms with E-state index in [1.807, 2.05) is 6.92 Å². The van der Waals surface area contributed by atoms with Crippen LogP contribution in [-0.2, 0) is 0 Å². The maximum absolute atomic E-state index is 5.04. The van der Waals surface area contributed by atoms with Crippen LogP contribution in [0.4, 0.5) is 0 Å². The van der Waals surface area contributed by atoms with Gasteiger partial charge in [-0.05, 0) is 0 Å². The lowest BCUT2D eigenvalue weighted by atomic mass is 10.5. The molecule has 0 aliphatic carbocycles. The van der Waals surface area contributed by atoms with Gasteiger partial charge in [0.1, 0.15) is 0 Å². The van der Waals surface area contributed by atoms with Crippen molar-refractivity contribution in [2.75, 3.05) is 6.54 Å². The zero-order chi connectivity index (χ0) is 4.83. The second kappa shape index (κ2) is 9.26. The summed E-state index contributed by atoms with van der Waals surface area (Å²) in [5, 5.41) is 0. The SMILES string of the molecule is CCC#CCN.Cl. The second-order valence-electron chi connectivity index (χ2n) is 0.911. The summed E-state index contributed by atoms with van der Waals surface area (Å²) in [6, 6.07) is 0. The standard InChI is InChI=1S/C5H9N.ClH/c1-2-3-4-5-6;/h2,5-6H2,1H3;1H. The minimum absolute atomic E-state index is 0. The van der Waals surface area contributed by atoms with Crippen LogP contribution >= 0.6 is 12.4 Å². The number of halogens is 1. The molecule has 7 heavy (non-hydrogen) atoms. The molecule has 0 saturated carbocycles. The Bertz CT molecular complexity index is 61.9. The van der Waals surface area contributed by atoms with E-state index >= 15 is 0 Å². The van der Waals surface area contributed by atoms with Crippen molar-refractivity contribution in [2.24, 2.45) is 5.73 Å². The molecule has 2 heteroatoms. The van der Waals surface area contributed by atoms with Gasteiger partial charge in [-0.2, -0.15) is 0 Å². The molecule has 0 aromatic carbocycles. The van der Waals surface area contributed by atoms with E-state index in [-0.39, 0.29) is 12.4 Å². The van der Waals surface area contributed by atoms with E-state index in [0.29, 0.717) is 6.54 Å². The fraction of sp³-hybridized carbons (Fsp3) is 0.600. The summed E-state index contributed by atoms with van der Waals surface area (Å²) in [6.07, 6.45) is 0.914. The van der Waals surface area contributed by atoms with Crippen LogP contribution in [0.25, 0.3) is 0 Å². The van der Waals surface area contributed by atoms with Crippen LogP contribution in [0.5, 0.6) is 0 Å². The van der Waals surface area contributed by atoms with Gasteiger partial charge in [-0.3, -0.25) is 0 Å². The van der Waals surface area contributed by atoms with E-state index < -0.39 is 0 Å². The maximum atomic E-state index is 5.04. The summed E-state index contributed by atoms with van der Waals surface area (Å²) >= 11 is 0. The highest BCUT2D eigenvalue weighted by molar-refractivity contribution is 5.85. The third-order valence-corrected chi connectivity index (χ3v) is 0.404. The van der Waals surface area contributed by atoms with Crippen LogP contribution in [0.2, 0.25) is 0 Å². The van der Waals surface area contributed by atoms with Crippen molar-refractivity contribution in [3.63, 3.8) is 0 Å². The molecule has 0 aromatic rings. The van der Waals surface area contributed by atoms with E-state index in [1.54, 1.807) is 0 Å². The molecule has 0 fully saturated rings. The van der Waals surface area contributed by atoms with Crippen LogP contribution in [-0.4, -0.2) is 6.54 Å². The van der Waals surface area contributed by atoms with E-state index in [2.05, 4.69) is 11.8 Å². The summed E-state index contributed by atoms with van der Waals surface area (Å²) in [4.78, 5) is 0. The topological polar surface area (TPSA) is 26.0 Å². The molecule has 0 radical (unpaired) electrons. The minimum Gasteiger partial charge on any atom is -0.320 e. The molecule has 0 rings (SSSR count). The molecule has 2 N–H and O–H groups in total. The van der Waals surface area contributed by atoms with Gasteiger partial charge < -0.3 is 5.73 Å². The molecule has 0 bridgehead atoms. The first-order valence-corrected chi connectivity index (χ1v) is 2.07. The lowest BCUT2D eigenvalue weighted by Gasteiger charge is -1.66. The van der Waals surface area contributed by atoms with Crippen molar-refractivity contribution in [1.82, 2.24) is 0 Å². The average Bonchev–Trinajstić information content (AvgIpc) is 1.61. The normalized spacial score (nSPS) is 5.43. The largest absolute Gasteiger partial charge is 0.320 e. The van der Waals surface area contributed by atoms with Gasteiger partial charge >= 0.3 is 0 Å². The van der Waals surface area contributed by atoms with Crippen molar-refractivity contribution in [1.29, 1.82) is 0 Å². The Morgan fingerprint density at radius 2 is 2.00 bits per heavy atom. The Morgan fingerprint density at radius 3 is 2.14 bits per heavy atom. The Kier molecular flexibility index (Phi) is 13.1. The third-order valence-electron chi connectivity index (χ3n) is 0.404. The van der Waals surface area contributed by atoms with Crippen molar-refractivity contribution >= 4 is 12.4 Å². The highest BCUT2D eigenvalue weighted by Crippen LogP contribution is 1.62. The van der Waals surface area contributed by atoms with E-state index in [4.69, 9.17) is 5.73 Å². The minimum atomic E-state index is 0. The van der Waals surface area contributed by atoms with Gasteiger partial charge in [0.25, 0.3) is 0 Å². The second-order valence-corrected chi connectivity index (χ2v) is 0.911. The first-order chi connectivity index (χ1) is 2.91. The van der Waals surface area contributed by atoms with Gasteiger partial charge in [-0.15, -0.1) is 18.3 Å². The molecule has 42 valence electrons. The quantitative estimate of drug-likeness (QED) is 0.469. The van der Waals surface area contributed by atoms with Crippen molar-refractivity contribution in [3.05, 3.63) is 0 Å². The van der Waals surface area contributed by atoms with Crippen molar-refractivity contribution < 1.29 is 0 Å². The summed E-state index contributed by atoms with van der Waals surface area (Å²) < 4.78 is 0. The lowest BCUT2D eigenvalue weighted by Crippen LogP contribution is -1.92. The van der Waals surface area contributed by atoms with Gasteiger partial charge in [0.2, 0.25) is 0 Å². The monoisotopic (exact) mass is 119 g/mol. The van der Waals surface area contributed by atoms with E-state index in [1.165, 1.54) is 0 Å². The van der Waals surface area contributed by atoms with Crippen LogP contribution in [0, 0.1) is 11.8 Å². The molecule has 0 amide bonds. The average molecular weight is 120 g/mol. The van der Waals surface area contributed by atoms with Gasteiger partial charge in [0, 0.05) is 6.42 Å². The third kappa shape index (κ3) is 10.7. The fourth-order valence-electron chi connectivity index (χ4n) is 0.197. The fourth-order valence-corrected chi connectivity index (χ4v) is 0.197. The Morgan fingerprint density at radius 1 is 1.43 bits per heavy atom. The van der Waals surface area contributed by atoms with Crippen molar-refractivity contribution in [2.45, 2.75) is 13.3 Å².